The van der Waals surface area contributed by atoms with Gasteiger partial charge in [0.05, 0.1) is 12.8 Å². The third kappa shape index (κ3) is 3.59. The van der Waals surface area contributed by atoms with Crippen LogP contribution in [0.5, 0.6) is 5.75 Å². The average Bonchev–Trinajstić information content (AvgIpc) is 2.39. The molecule has 0 fully saturated rings. The lowest BCUT2D eigenvalue weighted by Gasteiger charge is -2.28. The molecule has 7 heteroatoms. The molecule has 0 saturated heterocycles. The molecule has 1 aromatic carbocycles. The molecule has 0 aliphatic heterocycles. The number of ether oxygens (including phenoxy) is 1. The van der Waals surface area contributed by atoms with Gasteiger partial charge in [-0.3, -0.25) is 4.31 Å². The zero-order valence-electron chi connectivity index (χ0n) is 11.5. The van der Waals surface area contributed by atoms with Gasteiger partial charge in [-0.1, -0.05) is 12.1 Å². The molecule has 0 radical (unpaired) electrons. The Morgan fingerprint density at radius 1 is 1.26 bits per heavy atom. The van der Waals surface area contributed by atoms with Crippen LogP contribution < -0.4 is 14.8 Å². The predicted octanol–water partition coefficient (Wildman–Crippen LogP) is 0.657. The fourth-order valence-corrected chi connectivity index (χ4v) is 2.78. The van der Waals surface area contributed by atoms with E-state index in [1.807, 2.05) is 0 Å². The minimum atomic E-state index is -3.57. The molecule has 6 nitrogen and oxygen atoms in total. The summed E-state index contributed by atoms with van der Waals surface area (Å²) in [5.74, 6) is 0.518. The standard InChI is InChI=1S/C12H21N3O3S/c1-14(2)19(16,17)15(10-6-9-13)11-7-4-5-8-12(11)18-3/h4-5,7-8H,6,9-10,13H2,1-3H3. The highest BCUT2D eigenvalue weighted by molar-refractivity contribution is 7.90. The number of nitrogens with two attached hydrogens (primary N) is 1. The van der Waals surface area contributed by atoms with E-state index in [2.05, 4.69) is 0 Å². The summed E-state index contributed by atoms with van der Waals surface area (Å²) < 4.78 is 32.4. The zero-order valence-corrected chi connectivity index (χ0v) is 12.4. The van der Waals surface area contributed by atoms with Crippen molar-refractivity contribution in [1.29, 1.82) is 0 Å². The van der Waals surface area contributed by atoms with Gasteiger partial charge in [-0.25, -0.2) is 0 Å². The minimum Gasteiger partial charge on any atom is -0.495 e. The molecular weight excluding hydrogens is 266 g/mol. The smallest absolute Gasteiger partial charge is 0.303 e. The Kier molecular flexibility index (Phi) is 5.59. The Bertz CT molecular complexity index is 503. The van der Waals surface area contributed by atoms with Gasteiger partial charge in [-0.15, -0.1) is 0 Å². The van der Waals surface area contributed by atoms with Crippen molar-refractivity contribution in [2.24, 2.45) is 5.73 Å². The number of hydrogen-bond donors (Lipinski definition) is 1. The lowest BCUT2D eigenvalue weighted by molar-refractivity contribution is 0.415. The molecule has 108 valence electrons. The summed E-state index contributed by atoms with van der Waals surface area (Å²) in [5, 5.41) is 0. The SMILES string of the molecule is COc1ccccc1N(CCCN)S(=O)(=O)N(C)C. The van der Waals surface area contributed by atoms with Crippen LogP contribution in [-0.4, -0.2) is 47.0 Å². The maximum atomic E-state index is 12.4. The number of methoxy groups -OCH3 is 1. The highest BCUT2D eigenvalue weighted by Crippen LogP contribution is 2.30. The molecule has 0 unspecified atom stereocenters. The average molecular weight is 287 g/mol. The van der Waals surface area contributed by atoms with Crippen LogP contribution in [0.2, 0.25) is 0 Å². The molecule has 0 saturated carbocycles. The van der Waals surface area contributed by atoms with E-state index in [9.17, 15) is 8.42 Å². The van der Waals surface area contributed by atoms with Crippen LogP contribution in [0, 0.1) is 0 Å². The lowest BCUT2D eigenvalue weighted by atomic mass is 10.3. The molecule has 0 aliphatic carbocycles. The van der Waals surface area contributed by atoms with Gasteiger partial charge in [0.1, 0.15) is 5.75 Å². The summed E-state index contributed by atoms with van der Waals surface area (Å²) in [6, 6.07) is 7.02. The van der Waals surface area contributed by atoms with Gasteiger partial charge in [-0.2, -0.15) is 12.7 Å². The zero-order chi connectivity index (χ0) is 14.5. The normalized spacial score (nSPS) is 11.6. The van der Waals surface area contributed by atoms with Crippen LogP contribution in [0.15, 0.2) is 24.3 Å². The van der Waals surface area contributed by atoms with Crippen molar-refractivity contribution in [1.82, 2.24) is 4.31 Å². The van der Waals surface area contributed by atoms with Crippen LogP contribution in [0.25, 0.3) is 0 Å². The second-order valence-electron chi connectivity index (χ2n) is 4.18. The van der Waals surface area contributed by atoms with Gasteiger partial charge in [0.15, 0.2) is 0 Å². The number of benzene rings is 1. The molecule has 1 aromatic rings. The van der Waals surface area contributed by atoms with E-state index in [0.29, 0.717) is 30.9 Å². The van der Waals surface area contributed by atoms with Crippen molar-refractivity contribution in [3.05, 3.63) is 24.3 Å². The topological polar surface area (TPSA) is 75.9 Å². The largest absolute Gasteiger partial charge is 0.495 e. The van der Waals surface area contributed by atoms with E-state index < -0.39 is 10.2 Å². The van der Waals surface area contributed by atoms with Gasteiger partial charge in [0, 0.05) is 20.6 Å². The number of rotatable bonds is 7. The van der Waals surface area contributed by atoms with Crippen molar-refractivity contribution < 1.29 is 13.2 Å². The molecule has 0 heterocycles. The van der Waals surface area contributed by atoms with Crippen molar-refractivity contribution >= 4 is 15.9 Å². The summed E-state index contributed by atoms with van der Waals surface area (Å²) in [5.41, 5.74) is 6.00. The van der Waals surface area contributed by atoms with Crippen molar-refractivity contribution in [3.8, 4) is 5.75 Å². The van der Waals surface area contributed by atoms with Gasteiger partial charge in [0.2, 0.25) is 0 Å². The first-order valence-electron chi connectivity index (χ1n) is 5.98. The van der Waals surface area contributed by atoms with Crippen molar-refractivity contribution in [2.75, 3.05) is 38.6 Å². The lowest BCUT2D eigenvalue weighted by Crippen LogP contribution is -2.41. The number of anilines is 1. The molecule has 0 bridgehead atoms. The number of nitrogens with zero attached hydrogens (tertiary/aromatic N) is 2. The Balaban J connectivity index is 3.24. The molecule has 0 atom stereocenters. The first-order chi connectivity index (χ1) is 8.95. The van der Waals surface area contributed by atoms with Crippen molar-refractivity contribution in [3.63, 3.8) is 0 Å². The molecule has 0 aliphatic rings. The van der Waals surface area contributed by atoms with E-state index in [1.165, 1.54) is 29.8 Å². The van der Waals surface area contributed by atoms with Crippen LogP contribution in [-0.2, 0) is 10.2 Å². The van der Waals surface area contributed by atoms with Crippen molar-refractivity contribution in [2.45, 2.75) is 6.42 Å². The third-order valence-electron chi connectivity index (χ3n) is 2.66. The first kappa shape index (κ1) is 15.7. The second kappa shape index (κ2) is 6.74. The second-order valence-corrected chi connectivity index (χ2v) is 6.24. The van der Waals surface area contributed by atoms with Gasteiger partial charge in [-0.05, 0) is 25.1 Å². The van der Waals surface area contributed by atoms with Gasteiger partial charge >= 0.3 is 10.2 Å². The predicted molar refractivity (Wildman–Crippen MR) is 76.6 cm³/mol. The van der Waals surface area contributed by atoms with E-state index in [0.717, 1.165) is 0 Å². The fraction of sp³-hybridized carbons (Fsp3) is 0.500. The van der Waals surface area contributed by atoms with E-state index in [4.69, 9.17) is 10.5 Å². The Labute approximate surface area is 114 Å². The Hall–Kier alpha value is -1.31. The van der Waals surface area contributed by atoms with Crippen LogP contribution in [0.3, 0.4) is 0 Å². The van der Waals surface area contributed by atoms with Gasteiger partial charge in [0.25, 0.3) is 0 Å². The summed E-state index contributed by atoms with van der Waals surface area (Å²) in [6.45, 7) is 0.742. The molecule has 0 aromatic heterocycles. The van der Waals surface area contributed by atoms with Crippen LogP contribution in [0.1, 0.15) is 6.42 Å². The fourth-order valence-electron chi connectivity index (χ4n) is 1.63. The number of hydrogen-bond acceptors (Lipinski definition) is 4. The maximum Gasteiger partial charge on any atom is 0.303 e. The minimum absolute atomic E-state index is 0.317. The van der Waals surface area contributed by atoms with Crippen LogP contribution in [0.4, 0.5) is 5.69 Å². The molecule has 0 spiro atoms. The quantitative estimate of drug-likeness (QED) is 0.799. The summed E-state index contributed by atoms with van der Waals surface area (Å²) >= 11 is 0. The van der Waals surface area contributed by atoms with E-state index in [-0.39, 0.29) is 0 Å². The summed E-state index contributed by atoms with van der Waals surface area (Å²) in [6.07, 6.45) is 0.575. The molecular formula is C12H21N3O3S. The highest BCUT2D eigenvalue weighted by Gasteiger charge is 2.26. The Morgan fingerprint density at radius 3 is 2.42 bits per heavy atom. The monoisotopic (exact) mass is 287 g/mol. The van der Waals surface area contributed by atoms with Gasteiger partial charge < -0.3 is 10.5 Å². The Morgan fingerprint density at radius 2 is 1.89 bits per heavy atom. The molecule has 0 amide bonds. The van der Waals surface area contributed by atoms with Crippen LogP contribution >= 0.6 is 0 Å². The molecule has 2 N–H and O–H groups in total. The highest BCUT2D eigenvalue weighted by atomic mass is 32.2. The number of para-hydroxylation sites is 2. The van der Waals surface area contributed by atoms with E-state index >= 15 is 0 Å². The first-order valence-corrected chi connectivity index (χ1v) is 7.38. The molecule has 19 heavy (non-hydrogen) atoms. The maximum absolute atomic E-state index is 12.4. The van der Waals surface area contributed by atoms with E-state index in [1.54, 1.807) is 24.3 Å². The molecule has 1 rings (SSSR count). The summed E-state index contributed by atoms with van der Waals surface area (Å²) in [4.78, 5) is 0. The summed E-state index contributed by atoms with van der Waals surface area (Å²) in [7, 11) is 0.951. The third-order valence-corrected chi connectivity index (χ3v) is 4.52.